The van der Waals surface area contributed by atoms with Gasteiger partial charge < -0.3 is 24.4 Å². The van der Waals surface area contributed by atoms with E-state index in [-0.39, 0.29) is 29.0 Å². The molecular weight excluding hydrogens is 308 g/mol. The SMILES string of the molecule is COc1cc(O)c2c(c1)[C@]1(CC(=O)O[C@@]1(C)CC(=O)O)OC2=O. The van der Waals surface area contributed by atoms with Gasteiger partial charge in [-0.15, -0.1) is 0 Å². The summed E-state index contributed by atoms with van der Waals surface area (Å²) in [5.41, 5.74) is -3.12. The molecule has 0 amide bonds. The number of benzene rings is 1. The van der Waals surface area contributed by atoms with Crippen LogP contribution in [0.3, 0.4) is 0 Å². The zero-order chi connectivity index (χ0) is 17.0. The van der Waals surface area contributed by atoms with Crippen LogP contribution >= 0.6 is 0 Å². The molecule has 0 aliphatic carbocycles. The highest BCUT2D eigenvalue weighted by Gasteiger charge is 2.67. The van der Waals surface area contributed by atoms with Crippen LogP contribution in [0.15, 0.2) is 12.1 Å². The molecule has 1 aromatic rings. The predicted octanol–water partition coefficient (Wildman–Crippen LogP) is 0.947. The number of hydrogen-bond acceptors (Lipinski definition) is 7. The second-order valence-electron chi connectivity index (χ2n) is 5.74. The second-order valence-corrected chi connectivity index (χ2v) is 5.74. The molecule has 2 aliphatic heterocycles. The maximum Gasteiger partial charge on any atom is 0.343 e. The van der Waals surface area contributed by atoms with Gasteiger partial charge in [-0.1, -0.05) is 0 Å². The Balaban J connectivity index is 2.25. The van der Waals surface area contributed by atoms with Crippen molar-refractivity contribution in [3.8, 4) is 11.5 Å². The van der Waals surface area contributed by atoms with Crippen molar-refractivity contribution in [3.63, 3.8) is 0 Å². The van der Waals surface area contributed by atoms with Gasteiger partial charge in [-0.2, -0.15) is 0 Å². The average molecular weight is 322 g/mol. The Bertz CT molecular complexity index is 739. The normalized spacial score (nSPS) is 28.4. The van der Waals surface area contributed by atoms with E-state index in [2.05, 4.69) is 0 Å². The van der Waals surface area contributed by atoms with E-state index >= 15 is 0 Å². The van der Waals surface area contributed by atoms with E-state index in [1.165, 1.54) is 26.2 Å². The maximum absolute atomic E-state index is 12.2. The first kappa shape index (κ1) is 15.1. The van der Waals surface area contributed by atoms with E-state index in [0.29, 0.717) is 0 Å². The molecule has 0 aromatic heterocycles. The number of phenolic OH excluding ortho intramolecular Hbond substituents is 1. The first-order valence-electron chi connectivity index (χ1n) is 6.81. The number of aromatic hydroxyl groups is 1. The molecule has 1 saturated heterocycles. The lowest BCUT2D eigenvalue weighted by Gasteiger charge is -2.36. The summed E-state index contributed by atoms with van der Waals surface area (Å²) in [7, 11) is 1.37. The van der Waals surface area contributed by atoms with Crippen LogP contribution in [0.2, 0.25) is 0 Å². The summed E-state index contributed by atoms with van der Waals surface area (Å²) in [5.74, 6) is -2.85. The van der Waals surface area contributed by atoms with Gasteiger partial charge in [0.1, 0.15) is 17.1 Å². The van der Waals surface area contributed by atoms with E-state index in [9.17, 15) is 19.5 Å². The number of carboxylic acids is 1. The summed E-state index contributed by atoms with van der Waals surface area (Å²) in [5, 5.41) is 19.2. The molecule has 2 atom stereocenters. The molecule has 8 heteroatoms. The van der Waals surface area contributed by atoms with Crippen LogP contribution < -0.4 is 4.74 Å². The summed E-state index contributed by atoms with van der Waals surface area (Å²) in [6, 6.07) is 2.69. The van der Waals surface area contributed by atoms with Crippen LogP contribution in [0.4, 0.5) is 0 Å². The number of ether oxygens (including phenoxy) is 3. The Hall–Kier alpha value is -2.77. The monoisotopic (exact) mass is 322 g/mol. The van der Waals surface area contributed by atoms with E-state index in [0.717, 1.165) is 0 Å². The summed E-state index contributed by atoms with van der Waals surface area (Å²) in [4.78, 5) is 35.2. The van der Waals surface area contributed by atoms with E-state index < -0.39 is 35.5 Å². The Kier molecular flexibility index (Phi) is 3.03. The van der Waals surface area contributed by atoms with Crippen LogP contribution in [0, 0.1) is 0 Å². The molecule has 3 rings (SSSR count). The largest absolute Gasteiger partial charge is 0.507 e. The zero-order valence-corrected chi connectivity index (χ0v) is 12.4. The van der Waals surface area contributed by atoms with E-state index in [4.69, 9.17) is 19.3 Å². The first-order chi connectivity index (χ1) is 10.7. The van der Waals surface area contributed by atoms with E-state index in [1.54, 1.807) is 0 Å². The molecular formula is C15H14O8. The lowest BCUT2D eigenvalue weighted by Crippen LogP contribution is -2.48. The Morgan fingerprint density at radius 3 is 2.65 bits per heavy atom. The van der Waals surface area contributed by atoms with Gasteiger partial charge in [0.15, 0.2) is 11.2 Å². The molecule has 1 spiro atoms. The van der Waals surface area contributed by atoms with Crippen LogP contribution in [-0.4, -0.2) is 40.8 Å². The third-order valence-corrected chi connectivity index (χ3v) is 4.31. The molecule has 2 heterocycles. The van der Waals surface area contributed by atoms with Crippen LogP contribution in [-0.2, 0) is 24.7 Å². The van der Waals surface area contributed by atoms with Crippen molar-refractivity contribution < 1.29 is 38.8 Å². The third-order valence-electron chi connectivity index (χ3n) is 4.31. The molecule has 0 unspecified atom stereocenters. The minimum atomic E-state index is -1.61. The van der Waals surface area contributed by atoms with Gasteiger partial charge in [-0.05, 0) is 13.0 Å². The molecule has 2 aliphatic rings. The summed E-state index contributed by atoms with van der Waals surface area (Å²) in [6.07, 6.45) is -0.883. The lowest BCUT2D eigenvalue weighted by atomic mass is 9.76. The molecule has 1 fully saturated rings. The van der Waals surface area contributed by atoms with Crippen LogP contribution in [0.5, 0.6) is 11.5 Å². The summed E-state index contributed by atoms with van der Waals surface area (Å²) >= 11 is 0. The van der Waals surface area contributed by atoms with Crippen molar-refractivity contribution in [2.75, 3.05) is 7.11 Å². The predicted molar refractivity (Wildman–Crippen MR) is 73.1 cm³/mol. The molecule has 2 N–H and O–H groups in total. The smallest absolute Gasteiger partial charge is 0.343 e. The summed E-state index contributed by atoms with van der Waals surface area (Å²) in [6.45, 7) is 1.39. The third kappa shape index (κ3) is 1.94. The number of rotatable bonds is 3. The molecule has 23 heavy (non-hydrogen) atoms. The maximum atomic E-state index is 12.2. The topological polar surface area (TPSA) is 119 Å². The fraction of sp³-hybridized carbons (Fsp3) is 0.400. The van der Waals surface area contributed by atoms with Gasteiger partial charge in [0.05, 0.1) is 20.0 Å². The molecule has 0 saturated carbocycles. The molecule has 0 radical (unpaired) electrons. The number of aliphatic carboxylic acids is 1. The minimum Gasteiger partial charge on any atom is -0.507 e. The number of carbonyl (C=O) groups excluding carboxylic acids is 2. The number of phenols is 1. The van der Waals surface area contributed by atoms with Crippen LogP contribution in [0.25, 0.3) is 0 Å². The highest BCUT2D eigenvalue weighted by molar-refractivity contribution is 5.99. The van der Waals surface area contributed by atoms with Crippen molar-refractivity contribution in [1.29, 1.82) is 0 Å². The molecule has 0 bridgehead atoms. The highest BCUT2D eigenvalue weighted by atomic mass is 16.6. The Labute approximate surface area is 130 Å². The quantitative estimate of drug-likeness (QED) is 0.789. The molecule has 8 nitrogen and oxygen atoms in total. The van der Waals surface area contributed by atoms with Crippen molar-refractivity contribution in [3.05, 3.63) is 23.3 Å². The van der Waals surface area contributed by atoms with Gasteiger partial charge in [-0.25, -0.2) is 4.79 Å². The fourth-order valence-electron chi connectivity index (χ4n) is 3.27. The Morgan fingerprint density at radius 1 is 1.35 bits per heavy atom. The second kappa shape index (κ2) is 4.61. The number of methoxy groups -OCH3 is 1. The van der Waals surface area contributed by atoms with Gasteiger partial charge in [0.25, 0.3) is 0 Å². The lowest BCUT2D eigenvalue weighted by molar-refractivity contribution is -0.165. The number of carbonyl (C=O) groups is 3. The standard InChI is InChI=1S/C15H14O8/c1-14(5-10(17)18)15(6-11(19)22-14)8-3-7(21-2)4-9(16)12(8)13(20)23-15/h3-4,16H,5-6H2,1-2H3,(H,17,18)/t14-,15-/m0/s1. The van der Waals surface area contributed by atoms with Crippen molar-refractivity contribution in [2.45, 2.75) is 31.0 Å². The number of cyclic esters (lactones) is 1. The van der Waals surface area contributed by atoms with Gasteiger partial charge in [-0.3, -0.25) is 9.59 Å². The van der Waals surface area contributed by atoms with Gasteiger partial charge >= 0.3 is 17.9 Å². The minimum absolute atomic E-state index is 0.110. The summed E-state index contributed by atoms with van der Waals surface area (Å²) < 4.78 is 15.6. The van der Waals surface area contributed by atoms with E-state index in [1.807, 2.05) is 0 Å². The molecule has 122 valence electrons. The number of esters is 2. The van der Waals surface area contributed by atoms with Crippen molar-refractivity contribution in [1.82, 2.24) is 0 Å². The number of hydrogen-bond donors (Lipinski definition) is 2. The first-order valence-corrected chi connectivity index (χ1v) is 6.81. The average Bonchev–Trinajstić information content (AvgIpc) is 2.84. The Morgan fingerprint density at radius 2 is 2.04 bits per heavy atom. The fourth-order valence-corrected chi connectivity index (χ4v) is 3.27. The highest BCUT2D eigenvalue weighted by Crippen LogP contribution is 2.56. The van der Waals surface area contributed by atoms with Crippen molar-refractivity contribution >= 4 is 17.9 Å². The number of fused-ring (bicyclic) bond motifs is 2. The van der Waals surface area contributed by atoms with Crippen molar-refractivity contribution in [2.24, 2.45) is 0 Å². The van der Waals surface area contributed by atoms with Crippen LogP contribution in [0.1, 0.15) is 35.7 Å². The number of carboxylic acid groups (broad SMARTS) is 1. The molecule has 1 aromatic carbocycles. The van der Waals surface area contributed by atoms with Gasteiger partial charge in [0, 0.05) is 11.6 Å². The zero-order valence-electron chi connectivity index (χ0n) is 12.4. The van der Waals surface area contributed by atoms with Gasteiger partial charge in [0.2, 0.25) is 0 Å².